The first kappa shape index (κ1) is 9.97. The number of nitrogens with zero attached hydrogens (tertiary/aromatic N) is 2. The lowest BCUT2D eigenvalue weighted by Gasteiger charge is -2.23. The average Bonchev–Trinajstić information content (AvgIpc) is 3.05. The molecule has 78 valence electrons. The molecule has 0 spiro atoms. The molecule has 0 unspecified atom stereocenters. The monoisotopic (exact) mass is 204 g/mol. The van der Waals surface area contributed by atoms with E-state index >= 15 is 0 Å². The second-order valence-corrected chi connectivity index (χ2v) is 3.79. The lowest BCUT2D eigenvalue weighted by molar-refractivity contribution is 0.627. The molecule has 0 saturated heterocycles. The Bertz CT molecular complexity index is 405. The van der Waals surface area contributed by atoms with Gasteiger partial charge < -0.3 is 4.90 Å². The molecule has 0 heterocycles. The second kappa shape index (κ2) is 3.90. The van der Waals surface area contributed by atoms with Gasteiger partial charge >= 0.3 is 0 Å². The van der Waals surface area contributed by atoms with E-state index < -0.39 is 0 Å². The van der Waals surface area contributed by atoms with Gasteiger partial charge in [0.1, 0.15) is 11.9 Å². The van der Waals surface area contributed by atoms with Gasteiger partial charge in [0.05, 0.1) is 11.3 Å². The van der Waals surface area contributed by atoms with Crippen molar-refractivity contribution in [2.45, 2.75) is 25.8 Å². The van der Waals surface area contributed by atoms with Crippen LogP contribution < -0.4 is 4.90 Å². The first-order chi connectivity index (χ1) is 7.26. The third kappa shape index (κ3) is 1.94. The molecule has 3 heteroatoms. The fraction of sp³-hybridized carbons (Fsp3) is 0.417. The van der Waals surface area contributed by atoms with Gasteiger partial charge in [0.15, 0.2) is 0 Å². The maximum Gasteiger partial charge on any atom is 0.124 e. The van der Waals surface area contributed by atoms with Gasteiger partial charge in [-0.3, -0.25) is 0 Å². The summed E-state index contributed by atoms with van der Waals surface area (Å²) in [6.07, 6.45) is 2.35. The smallest absolute Gasteiger partial charge is 0.124 e. The summed E-state index contributed by atoms with van der Waals surface area (Å²) in [6.45, 7) is 2.92. The van der Waals surface area contributed by atoms with Crippen molar-refractivity contribution in [1.82, 2.24) is 0 Å². The van der Waals surface area contributed by atoms with Crippen LogP contribution in [0.1, 0.15) is 25.3 Å². The van der Waals surface area contributed by atoms with Crippen LogP contribution in [0.15, 0.2) is 18.2 Å². The van der Waals surface area contributed by atoms with E-state index in [-0.39, 0.29) is 5.82 Å². The molecule has 15 heavy (non-hydrogen) atoms. The molecule has 1 fully saturated rings. The Labute approximate surface area is 88.9 Å². The van der Waals surface area contributed by atoms with Crippen LogP contribution in [-0.4, -0.2) is 12.6 Å². The van der Waals surface area contributed by atoms with E-state index in [2.05, 4.69) is 17.9 Å². The number of rotatable bonds is 3. The van der Waals surface area contributed by atoms with Crippen molar-refractivity contribution in [3.63, 3.8) is 0 Å². The number of hydrogen-bond acceptors (Lipinski definition) is 2. The van der Waals surface area contributed by atoms with Crippen LogP contribution in [-0.2, 0) is 0 Å². The molecule has 1 aliphatic carbocycles. The van der Waals surface area contributed by atoms with Crippen LogP contribution in [0.25, 0.3) is 0 Å². The molecule has 0 aliphatic heterocycles. The maximum atomic E-state index is 12.9. The summed E-state index contributed by atoms with van der Waals surface area (Å²) < 4.78 is 12.9. The maximum absolute atomic E-state index is 12.9. The van der Waals surface area contributed by atoms with Gasteiger partial charge in [-0.25, -0.2) is 4.39 Å². The van der Waals surface area contributed by atoms with Gasteiger partial charge in [-0.1, -0.05) is 0 Å². The Kier molecular flexibility index (Phi) is 2.59. The highest BCUT2D eigenvalue weighted by Crippen LogP contribution is 2.33. The molecule has 2 nitrogen and oxygen atoms in total. The predicted octanol–water partition coefficient (Wildman–Crippen LogP) is 2.69. The first-order valence-electron chi connectivity index (χ1n) is 5.22. The Morgan fingerprint density at radius 1 is 1.53 bits per heavy atom. The molecule has 1 aliphatic rings. The van der Waals surface area contributed by atoms with Crippen molar-refractivity contribution in [2.24, 2.45) is 0 Å². The van der Waals surface area contributed by atoms with E-state index in [9.17, 15) is 4.39 Å². The van der Waals surface area contributed by atoms with Crippen LogP contribution in [0.3, 0.4) is 0 Å². The summed E-state index contributed by atoms with van der Waals surface area (Å²) in [5, 5.41) is 8.95. The standard InChI is InChI=1S/C12H13FN2/c1-2-15(11-4-5-11)12-6-3-10(13)7-9(12)8-14/h3,6-7,11H,2,4-5H2,1H3. The summed E-state index contributed by atoms with van der Waals surface area (Å²) >= 11 is 0. The number of halogens is 1. The fourth-order valence-corrected chi connectivity index (χ4v) is 1.86. The molecule has 0 aromatic heterocycles. The van der Waals surface area contributed by atoms with Crippen LogP contribution in [0, 0.1) is 17.1 Å². The Morgan fingerprint density at radius 3 is 2.80 bits per heavy atom. The van der Waals surface area contributed by atoms with Crippen LogP contribution in [0.2, 0.25) is 0 Å². The number of nitriles is 1. The van der Waals surface area contributed by atoms with Crippen molar-refractivity contribution < 1.29 is 4.39 Å². The third-order valence-electron chi connectivity index (χ3n) is 2.72. The van der Waals surface area contributed by atoms with E-state index in [4.69, 9.17) is 5.26 Å². The Balaban J connectivity index is 2.37. The van der Waals surface area contributed by atoms with Gasteiger partial charge in [0, 0.05) is 12.6 Å². The Morgan fingerprint density at radius 2 is 2.27 bits per heavy atom. The normalized spacial score (nSPS) is 14.7. The summed E-state index contributed by atoms with van der Waals surface area (Å²) in [7, 11) is 0. The van der Waals surface area contributed by atoms with Crippen molar-refractivity contribution in [2.75, 3.05) is 11.4 Å². The quantitative estimate of drug-likeness (QED) is 0.756. The molecular weight excluding hydrogens is 191 g/mol. The third-order valence-corrected chi connectivity index (χ3v) is 2.72. The summed E-state index contributed by atoms with van der Waals surface area (Å²) in [4.78, 5) is 2.18. The zero-order chi connectivity index (χ0) is 10.8. The molecule has 0 bridgehead atoms. The molecule has 0 radical (unpaired) electrons. The number of anilines is 1. The lowest BCUT2D eigenvalue weighted by Crippen LogP contribution is -2.25. The summed E-state index contributed by atoms with van der Waals surface area (Å²) in [5.41, 5.74) is 1.30. The van der Waals surface area contributed by atoms with Crippen LogP contribution >= 0.6 is 0 Å². The predicted molar refractivity (Wildman–Crippen MR) is 57.2 cm³/mol. The highest BCUT2D eigenvalue weighted by atomic mass is 19.1. The van der Waals surface area contributed by atoms with E-state index in [0.29, 0.717) is 11.6 Å². The molecule has 1 saturated carbocycles. The first-order valence-corrected chi connectivity index (χ1v) is 5.22. The molecular formula is C12H13FN2. The van der Waals surface area contributed by atoms with Crippen molar-refractivity contribution in [1.29, 1.82) is 5.26 Å². The van der Waals surface area contributed by atoms with Gasteiger partial charge in [-0.05, 0) is 38.0 Å². The zero-order valence-electron chi connectivity index (χ0n) is 8.70. The molecule has 0 amide bonds. The van der Waals surface area contributed by atoms with Gasteiger partial charge in [-0.2, -0.15) is 5.26 Å². The Hall–Kier alpha value is -1.56. The summed E-state index contributed by atoms with van der Waals surface area (Å²) in [6, 6.07) is 7.03. The van der Waals surface area contributed by atoms with E-state index in [1.54, 1.807) is 6.07 Å². The van der Waals surface area contributed by atoms with Crippen LogP contribution in [0.4, 0.5) is 10.1 Å². The van der Waals surface area contributed by atoms with E-state index in [1.165, 1.54) is 25.0 Å². The number of benzene rings is 1. The largest absolute Gasteiger partial charge is 0.368 e. The van der Waals surface area contributed by atoms with Crippen molar-refractivity contribution in [3.8, 4) is 6.07 Å². The number of hydrogen-bond donors (Lipinski definition) is 0. The molecule has 0 N–H and O–H groups in total. The van der Waals surface area contributed by atoms with Gasteiger partial charge in [-0.15, -0.1) is 0 Å². The fourth-order valence-electron chi connectivity index (χ4n) is 1.86. The van der Waals surface area contributed by atoms with Gasteiger partial charge in [0.2, 0.25) is 0 Å². The minimum absolute atomic E-state index is 0.345. The zero-order valence-corrected chi connectivity index (χ0v) is 8.70. The topological polar surface area (TPSA) is 27.0 Å². The molecule has 1 aromatic carbocycles. The van der Waals surface area contributed by atoms with Gasteiger partial charge in [0.25, 0.3) is 0 Å². The summed E-state index contributed by atoms with van der Waals surface area (Å²) in [5.74, 6) is -0.345. The second-order valence-electron chi connectivity index (χ2n) is 3.79. The van der Waals surface area contributed by atoms with E-state index in [0.717, 1.165) is 12.2 Å². The SMILES string of the molecule is CCN(c1ccc(F)cc1C#N)C1CC1. The van der Waals surface area contributed by atoms with Crippen molar-refractivity contribution in [3.05, 3.63) is 29.6 Å². The highest BCUT2D eigenvalue weighted by Gasteiger charge is 2.29. The molecule has 2 rings (SSSR count). The minimum Gasteiger partial charge on any atom is -0.368 e. The average molecular weight is 204 g/mol. The van der Waals surface area contributed by atoms with E-state index in [1.807, 2.05) is 0 Å². The van der Waals surface area contributed by atoms with Crippen molar-refractivity contribution >= 4 is 5.69 Å². The van der Waals surface area contributed by atoms with Crippen LogP contribution in [0.5, 0.6) is 0 Å². The highest BCUT2D eigenvalue weighted by molar-refractivity contribution is 5.60. The lowest BCUT2D eigenvalue weighted by atomic mass is 10.1. The molecule has 1 aromatic rings. The minimum atomic E-state index is -0.345. The molecule has 0 atom stereocenters.